The van der Waals surface area contributed by atoms with Gasteiger partial charge in [-0.15, -0.1) is 0 Å². The first-order valence-corrected chi connectivity index (χ1v) is 9.86. The van der Waals surface area contributed by atoms with Crippen molar-refractivity contribution in [1.82, 2.24) is 9.88 Å². The number of aryl methyl sites for hydroxylation is 1. The Kier molecular flexibility index (Phi) is 9.01. The van der Waals surface area contributed by atoms with Crippen molar-refractivity contribution in [2.24, 2.45) is 0 Å². The average molecular weight is 401 g/mol. The molecule has 1 unspecified atom stereocenters. The molecule has 0 fully saturated rings. The van der Waals surface area contributed by atoms with Gasteiger partial charge in [-0.2, -0.15) is 8.42 Å². The Bertz CT molecular complexity index is 763. The molecule has 0 saturated heterocycles. The fraction of sp³-hybridized carbons (Fsp3) is 0.389. The lowest BCUT2D eigenvalue weighted by Gasteiger charge is -2.19. The van der Waals surface area contributed by atoms with Crippen LogP contribution in [0.1, 0.15) is 18.9 Å². The number of rotatable bonds is 6. The van der Waals surface area contributed by atoms with E-state index in [0.29, 0.717) is 17.8 Å². The summed E-state index contributed by atoms with van der Waals surface area (Å²) in [6, 6.07) is 10.1. The minimum absolute atomic E-state index is 0.0666. The van der Waals surface area contributed by atoms with Crippen LogP contribution in [-0.2, 0) is 10.1 Å². The lowest BCUT2D eigenvalue weighted by Crippen LogP contribution is -2.26. The summed E-state index contributed by atoms with van der Waals surface area (Å²) in [5.74, 6) is 0.769. The summed E-state index contributed by atoms with van der Waals surface area (Å²) in [7, 11) is 0.108. The molecule has 1 aromatic heterocycles. The highest BCUT2D eigenvalue weighted by Crippen LogP contribution is 2.12. The van der Waals surface area contributed by atoms with E-state index in [4.69, 9.17) is 20.9 Å². The van der Waals surface area contributed by atoms with Crippen molar-refractivity contribution in [2.45, 2.75) is 31.2 Å². The van der Waals surface area contributed by atoms with Crippen LogP contribution in [0.15, 0.2) is 47.5 Å². The third-order valence-corrected chi connectivity index (χ3v) is 4.80. The van der Waals surface area contributed by atoms with Crippen molar-refractivity contribution >= 4 is 21.7 Å². The van der Waals surface area contributed by atoms with E-state index in [9.17, 15) is 8.42 Å². The van der Waals surface area contributed by atoms with Crippen LogP contribution in [0.25, 0.3) is 0 Å². The van der Waals surface area contributed by atoms with Crippen LogP contribution in [0.5, 0.6) is 5.75 Å². The topological polar surface area (TPSA) is 79.7 Å². The van der Waals surface area contributed by atoms with Gasteiger partial charge in [0.05, 0.1) is 17.7 Å². The SMILES string of the molecule is CC(CCOc1ccc(Cl)nc1)N(C)C.Cc1ccc(S(=O)(=O)O)cc1. The van der Waals surface area contributed by atoms with Crippen molar-refractivity contribution in [2.75, 3.05) is 20.7 Å². The number of pyridine rings is 1. The minimum Gasteiger partial charge on any atom is -0.492 e. The second kappa shape index (κ2) is 10.5. The quantitative estimate of drug-likeness (QED) is 0.588. The van der Waals surface area contributed by atoms with Gasteiger partial charge in [0.15, 0.2) is 0 Å². The van der Waals surface area contributed by atoms with Gasteiger partial charge >= 0.3 is 0 Å². The van der Waals surface area contributed by atoms with Crippen molar-refractivity contribution in [3.05, 3.63) is 53.3 Å². The van der Waals surface area contributed by atoms with E-state index in [-0.39, 0.29) is 4.90 Å². The molecule has 6 nitrogen and oxygen atoms in total. The second-order valence-corrected chi connectivity index (χ2v) is 7.86. The molecule has 2 aromatic rings. The Morgan fingerprint density at radius 1 is 1.19 bits per heavy atom. The monoisotopic (exact) mass is 400 g/mol. The van der Waals surface area contributed by atoms with Gasteiger partial charge in [-0.25, -0.2) is 4.98 Å². The van der Waals surface area contributed by atoms with E-state index in [1.54, 1.807) is 24.4 Å². The molecule has 1 atom stereocenters. The van der Waals surface area contributed by atoms with Gasteiger partial charge in [0.25, 0.3) is 10.1 Å². The van der Waals surface area contributed by atoms with Crippen LogP contribution < -0.4 is 4.74 Å². The maximum absolute atomic E-state index is 10.5. The van der Waals surface area contributed by atoms with E-state index in [2.05, 4.69) is 30.9 Å². The van der Waals surface area contributed by atoms with Crippen LogP contribution in [-0.4, -0.2) is 49.6 Å². The lowest BCUT2D eigenvalue weighted by molar-refractivity contribution is 0.233. The smallest absolute Gasteiger partial charge is 0.294 e. The highest BCUT2D eigenvalue weighted by atomic mass is 35.5. The van der Waals surface area contributed by atoms with E-state index in [0.717, 1.165) is 17.7 Å². The molecule has 0 aliphatic rings. The zero-order chi connectivity index (χ0) is 19.7. The molecule has 144 valence electrons. The summed E-state index contributed by atoms with van der Waals surface area (Å²) in [6.45, 7) is 4.71. The molecule has 0 radical (unpaired) electrons. The number of hydrogen-bond donors (Lipinski definition) is 1. The van der Waals surface area contributed by atoms with Crippen LogP contribution in [0, 0.1) is 6.92 Å². The predicted molar refractivity (Wildman–Crippen MR) is 104 cm³/mol. The summed E-state index contributed by atoms with van der Waals surface area (Å²) in [5, 5.41) is 0.490. The third kappa shape index (κ3) is 8.62. The average Bonchev–Trinajstić information content (AvgIpc) is 2.56. The first kappa shape index (κ1) is 22.4. The van der Waals surface area contributed by atoms with E-state index < -0.39 is 10.1 Å². The van der Waals surface area contributed by atoms with E-state index >= 15 is 0 Å². The molecule has 0 bridgehead atoms. The van der Waals surface area contributed by atoms with Crippen molar-refractivity contribution in [1.29, 1.82) is 0 Å². The van der Waals surface area contributed by atoms with Crippen molar-refractivity contribution < 1.29 is 17.7 Å². The van der Waals surface area contributed by atoms with Crippen molar-refractivity contribution in [3.8, 4) is 5.75 Å². The van der Waals surface area contributed by atoms with Gasteiger partial charge < -0.3 is 9.64 Å². The maximum atomic E-state index is 10.5. The largest absolute Gasteiger partial charge is 0.492 e. The highest BCUT2D eigenvalue weighted by Gasteiger charge is 2.07. The zero-order valence-electron chi connectivity index (χ0n) is 15.4. The van der Waals surface area contributed by atoms with Gasteiger partial charge in [0.1, 0.15) is 10.9 Å². The van der Waals surface area contributed by atoms with E-state index in [1.807, 2.05) is 13.0 Å². The van der Waals surface area contributed by atoms with Gasteiger partial charge in [-0.05, 0) is 58.6 Å². The Hall–Kier alpha value is -1.67. The summed E-state index contributed by atoms with van der Waals surface area (Å²) >= 11 is 5.66. The first-order chi connectivity index (χ1) is 12.1. The van der Waals surface area contributed by atoms with Gasteiger partial charge in [-0.3, -0.25) is 4.55 Å². The molecule has 2 rings (SSSR count). The van der Waals surface area contributed by atoms with Gasteiger partial charge in [0, 0.05) is 6.04 Å². The number of halogens is 1. The number of nitrogens with zero attached hydrogens (tertiary/aromatic N) is 2. The maximum Gasteiger partial charge on any atom is 0.294 e. The Labute approximate surface area is 160 Å². The van der Waals surface area contributed by atoms with Crippen LogP contribution >= 0.6 is 11.6 Å². The molecule has 0 aliphatic carbocycles. The summed E-state index contributed by atoms with van der Waals surface area (Å²) in [6.07, 6.45) is 2.64. The number of benzene rings is 1. The molecule has 1 N–H and O–H groups in total. The van der Waals surface area contributed by atoms with Gasteiger partial charge in [-0.1, -0.05) is 29.3 Å². The third-order valence-electron chi connectivity index (χ3n) is 3.70. The molecule has 0 amide bonds. The normalized spacial score (nSPS) is 12.3. The van der Waals surface area contributed by atoms with Crippen LogP contribution in [0.4, 0.5) is 0 Å². The van der Waals surface area contributed by atoms with Crippen LogP contribution in [0.2, 0.25) is 5.15 Å². The predicted octanol–water partition coefficient (Wildman–Crippen LogP) is 3.70. The molecule has 26 heavy (non-hydrogen) atoms. The summed E-state index contributed by atoms with van der Waals surface area (Å²) < 4.78 is 35.1. The van der Waals surface area contributed by atoms with Gasteiger partial charge in [0.2, 0.25) is 0 Å². The Balaban J connectivity index is 0.000000273. The first-order valence-electron chi connectivity index (χ1n) is 8.04. The molecule has 1 aromatic carbocycles. The molecule has 8 heteroatoms. The molecule has 0 spiro atoms. The summed E-state index contributed by atoms with van der Waals surface area (Å²) in [4.78, 5) is 6.05. The molecule has 0 aliphatic heterocycles. The van der Waals surface area contributed by atoms with E-state index in [1.165, 1.54) is 12.1 Å². The fourth-order valence-corrected chi connectivity index (χ4v) is 2.36. The molecule has 0 saturated carbocycles. The molecule has 1 heterocycles. The number of aromatic nitrogens is 1. The molecular formula is C18H25ClN2O4S. The van der Waals surface area contributed by atoms with Crippen molar-refractivity contribution in [3.63, 3.8) is 0 Å². The lowest BCUT2D eigenvalue weighted by atomic mass is 10.2. The second-order valence-electron chi connectivity index (χ2n) is 6.05. The fourth-order valence-electron chi connectivity index (χ4n) is 1.76. The Morgan fingerprint density at radius 3 is 2.27 bits per heavy atom. The standard InChI is InChI=1S/C11H17ClN2O.C7H8O3S/c1-9(14(2)3)6-7-15-10-4-5-11(12)13-8-10;1-6-2-4-7(5-3-6)11(8,9)10/h4-5,8-9H,6-7H2,1-3H3;2-5H,1H3,(H,8,9,10). The summed E-state index contributed by atoms with van der Waals surface area (Å²) in [5.41, 5.74) is 0.956. The Morgan fingerprint density at radius 2 is 1.81 bits per heavy atom. The zero-order valence-corrected chi connectivity index (χ0v) is 17.0. The number of ether oxygens (including phenoxy) is 1. The molecular weight excluding hydrogens is 376 g/mol. The highest BCUT2D eigenvalue weighted by molar-refractivity contribution is 7.85. The van der Waals surface area contributed by atoms with Crippen LogP contribution in [0.3, 0.4) is 0 Å². The minimum atomic E-state index is -4.02. The number of hydrogen-bond acceptors (Lipinski definition) is 5.